The number of hydrogen-bond donors (Lipinski definition) is 0. The van der Waals surface area contributed by atoms with Crippen molar-refractivity contribution in [3.8, 4) is 5.88 Å². The molecule has 20 heavy (non-hydrogen) atoms. The quantitative estimate of drug-likeness (QED) is 0.610. The molecule has 1 aromatic heterocycles. The molecule has 0 aliphatic carbocycles. The molecule has 1 heterocycles. The summed E-state index contributed by atoms with van der Waals surface area (Å²) in [6.07, 6.45) is -2.51. The van der Waals surface area contributed by atoms with Gasteiger partial charge in [0.2, 0.25) is 5.88 Å². The lowest BCUT2D eigenvalue weighted by Crippen LogP contribution is -2.35. The first-order valence-electron chi connectivity index (χ1n) is 6.16. The number of nitrogens with zero attached hydrogens (tertiary/aromatic N) is 4. The van der Waals surface area contributed by atoms with E-state index in [4.69, 9.17) is 4.74 Å². The van der Waals surface area contributed by atoms with Crippen molar-refractivity contribution in [2.24, 2.45) is 4.99 Å². The molecule has 0 amide bonds. The fraction of sp³-hybridized carbons (Fsp3) is 0.538. The van der Waals surface area contributed by atoms with Gasteiger partial charge in [0.15, 0.2) is 12.6 Å². The van der Waals surface area contributed by atoms with E-state index in [0.29, 0.717) is 12.2 Å². The first kappa shape index (κ1) is 16.1. The molecular formula is C13H20F2N4O. The number of aliphatic imine (C=N–C) groups is 1. The summed E-state index contributed by atoms with van der Waals surface area (Å²) in [7, 11) is 7.59. The van der Waals surface area contributed by atoms with Gasteiger partial charge >= 0.3 is 0 Å². The van der Waals surface area contributed by atoms with Gasteiger partial charge < -0.3 is 14.5 Å². The lowest BCUT2D eigenvalue weighted by atomic mass is 10.3. The molecule has 0 spiro atoms. The third kappa shape index (κ3) is 5.38. The van der Waals surface area contributed by atoms with E-state index in [0.717, 1.165) is 5.96 Å². The van der Waals surface area contributed by atoms with Gasteiger partial charge in [-0.25, -0.2) is 18.8 Å². The van der Waals surface area contributed by atoms with E-state index >= 15 is 0 Å². The summed E-state index contributed by atoms with van der Waals surface area (Å²) in [6, 6.07) is 5.04. The van der Waals surface area contributed by atoms with Gasteiger partial charge in [-0.2, -0.15) is 0 Å². The van der Waals surface area contributed by atoms with Crippen LogP contribution >= 0.6 is 0 Å². The van der Waals surface area contributed by atoms with Crippen LogP contribution in [0.2, 0.25) is 0 Å². The molecule has 0 bridgehead atoms. The summed E-state index contributed by atoms with van der Waals surface area (Å²) in [5.41, 5.74) is 0.665. The minimum atomic E-state index is -2.51. The summed E-state index contributed by atoms with van der Waals surface area (Å²) in [5, 5.41) is 0. The molecule has 0 aliphatic rings. The van der Waals surface area contributed by atoms with Gasteiger partial charge in [-0.15, -0.1) is 0 Å². The fourth-order valence-electron chi connectivity index (χ4n) is 1.61. The lowest BCUT2D eigenvalue weighted by Gasteiger charge is -2.22. The second kappa shape index (κ2) is 7.62. The maximum Gasteiger partial charge on any atom is 0.272 e. The summed E-state index contributed by atoms with van der Waals surface area (Å²) in [6.45, 7) is -0.294. The van der Waals surface area contributed by atoms with Crippen LogP contribution in [-0.2, 0) is 6.54 Å². The molecule has 0 aliphatic heterocycles. The second-order valence-corrected chi connectivity index (χ2v) is 4.57. The highest BCUT2D eigenvalue weighted by Crippen LogP contribution is 2.10. The summed E-state index contributed by atoms with van der Waals surface area (Å²) >= 11 is 0. The molecule has 0 radical (unpaired) electrons. The van der Waals surface area contributed by atoms with Crippen molar-refractivity contribution in [3.63, 3.8) is 0 Å². The molecule has 112 valence electrons. The minimum Gasteiger partial charge on any atom is -0.472 e. The van der Waals surface area contributed by atoms with Gasteiger partial charge in [0.1, 0.15) is 0 Å². The second-order valence-electron chi connectivity index (χ2n) is 4.57. The highest BCUT2D eigenvalue weighted by atomic mass is 19.3. The Morgan fingerprint density at radius 1 is 1.25 bits per heavy atom. The maximum atomic E-state index is 12.1. The van der Waals surface area contributed by atoms with Crippen LogP contribution in [0.3, 0.4) is 0 Å². The molecule has 0 unspecified atom stereocenters. The molecule has 0 aromatic carbocycles. The van der Waals surface area contributed by atoms with Gasteiger partial charge in [0.05, 0.1) is 12.2 Å². The maximum absolute atomic E-state index is 12.1. The van der Waals surface area contributed by atoms with Crippen molar-refractivity contribution in [1.29, 1.82) is 0 Å². The van der Waals surface area contributed by atoms with Gasteiger partial charge in [-0.1, -0.05) is 6.07 Å². The number of aromatic nitrogens is 1. The Labute approximate surface area is 117 Å². The Balaban J connectivity index is 2.72. The van der Waals surface area contributed by atoms with E-state index in [-0.39, 0.29) is 5.88 Å². The molecule has 0 saturated carbocycles. The van der Waals surface area contributed by atoms with Crippen molar-refractivity contribution < 1.29 is 13.5 Å². The Kier molecular flexibility index (Phi) is 6.14. The monoisotopic (exact) mass is 286 g/mol. The predicted molar refractivity (Wildman–Crippen MR) is 74.2 cm³/mol. The molecular weight excluding hydrogens is 266 g/mol. The van der Waals surface area contributed by atoms with E-state index in [2.05, 4.69) is 9.98 Å². The van der Waals surface area contributed by atoms with Crippen LogP contribution in [0.15, 0.2) is 23.2 Å². The Morgan fingerprint density at radius 3 is 2.45 bits per heavy atom. The zero-order valence-corrected chi connectivity index (χ0v) is 12.2. The van der Waals surface area contributed by atoms with Crippen molar-refractivity contribution in [1.82, 2.24) is 14.8 Å². The number of pyridine rings is 1. The fourth-order valence-corrected chi connectivity index (χ4v) is 1.61. The van der Waals surface area contributed by atoms with Crippen LogP contribution in [0.4, 0.5) is 8.78 Å². The van der Waals surface area contributed by atoms with E-state index < -0.39 is 13.0 Å². The number of ether oxygens (including phenoxy) is 1. The predicted octanol–water partition coefficient (Wildman–Crippen LogP) is 1.70. The van der Waals surface area contributed by atoms with Crippen molar-refractivity contribution in [2.75, 3.05) is 34.8 Å². The number of guanidine groups is 1. The average Bonchev–Trinajstić information content (AvgIpc) is 2.36. The molecule has 5 nitrogen and oxygen atoms in total. The molecule has 1 aromatic rings. The van der Waals surface area contributed by atoms with Crippen LogP contribution in [0.25, 0.3) is 0 Å². The standard InChI is InChI=1S/C13H20F2N4O/c1-18(2)13(19(3)4)16-8-10-6-5-7-12(17-10)20-9-11(14)15/h5-7,11H,8-9H2,1-4H3. The summed E-state index contributed by atoms with van der Waals surface area (Å²) in [4.78, 5) is 12.3. The van der Waals surface area contributed by atoms with Gasteiger partial charge in [-0.05, 0) is 6.07 Å². The van der Waals surface area contributed by atoms with E-state index in [1.807, 2.05) is 38.0 Å². The lowest BCUT2D eigenvalue weighted by molar-refractivity contribution is 0.0795. The number of hydrogen-bond acceptors (Lipinski definition) is 3. The van der Waals surface area contributed by atoms with Crippen LogP contribution in [-0.4, -0.2) is 62.0 Å². The minimum absolute atomic E-state index is 0.189. The highest BCUT2D eigenvalue weighted by molar-refractivity contribution is 5.79. The number of rotatable bonds is 5. The zero-order valence-electron chi connectivity index (χ0n) is 12.2. The molecule has 0 saturated heterocycles. The largest absolute Gasteiger partial charge is 0.472 e. The van der Waals surface area contributed by atoms with E-state index in [9.17, 15) is 8.78 Å². The number of halogens is 2. The Morgan fingerprint density at radius 2 is 1.90 bits per heavy atom. The third-order valence-corrected chi connectivity index (χ3v) is 2.32. The number of alkyl halides is 2. The van der Waals surface area contributed by atoms with Gasteiger partial charge in [-0.3, -0.25) is 0 Å². The van der Waals surface area contributed by atoms with Gasteiger partial charge in [0.25, 0.3) is 6.43 Å². The summed E-state index contributed by atoms with van der Waals surface area (Å²) < 4.78 is 29.0. The zero-order chi connectivity index (χ0) is 15.1. The molecule has 0 N–H and O–H groups in total. The normalized spacial score (nSPS) is 10.3. The molecule has 7 heteroatoms. The first-order valence-corrected chi connectivity index (χ1v) is 6.16. The summed E-state index contributed by atoms with van der Waals surface area (Å²) in [5.74, 6) is 0.986. The topological polar surface area (TPSA) is 41.0 Å². The average molecular weight is 286 g/mol. The molecule has 0 atom stereocenters. The SMILES string of the molecule is CN(C)C(=NCc1cccc(OCC(F)F)n1)N(C)C. The van der Waals surface area contributed by atoms with Crippen LogP contribution < -0.4 is 4.74 Å². The highest BCUT2D eigenvalue weighted by Gasteiger charge is 2.06. The Bertz CT molecular complexity index is 440. The van der Waals surface area contributed by atoms with Crippen LogP contribution in [0.1, 0.15) is 5.69 Å². The van der Waals surface area contributed by atoms with E-state index in [1.54, 1.807) is 18.2 Å². The van der Waals surface area contributed by atoms with Crippen molar-refractivity contribution in [3.05, 3.63) is 23.9 Å². The molecule has 0 fully saturated rings. The molecule has 1 rings (SSSR count). The third-order valence-electron chi connectivity index (χ3n) is 2.32. The van der Waals surface area contributed by atoms with E-state index in [1.165, 1.54) is 0 Å². The van der Waals surface area contributed by atoms with Crippen LogP contribution in [0.5, 0.6) is 5.88 Å². The Hall–Kier alpha value is -1.92. The van der Waals surface area contributed by atoms with Crippen molar-refractivity contribution >= 4 is 5.96 Å². The smallest absolute Gasteiger partial charge is 0.272 e. The first-order chi connectivity index (χ1) is 9.40. The van der Waals surface area contributed by atoms with Gasteiger partial charge in [0, 0.05) is 34.3 Å². The van der Waals surface area contributed by atoms with Crippen LogP contribution in [0, 0.1) is 0 Å². The van der Waals surface area contributed by atoms with Crippen molar-refractivity contribution in [2.45, 2.75) is 13.0 Å².